The number of pyridine rings is 1. The maximum atomic E-state index is 12.4. The number of aromatic nitrogens is 1. The van der Waals surface area contributed by atoms with E-state index in [0.29, 0.717) is 22.4 Å². The summed E-state index contributed by atoms with van der Waals surface area (Å²) in [7, 11) is 0. The van der Waals surface area contributed by atoms with Gasteiger partial charge in [0.2, 0.25) is 0 Å². The Morgan fingerprint density at radius 1 is 1.15 bits per heavy atom. The number of anilines is 3. The van der Waals surface area contributed by atoms with E-state index >= 15 is 0 Å². The normalized spacial score (nSPS) is 15.6. The molecule has 1 aliphatic rings. The fourth-order valence-corrected chi connectivity index (χ4v) is 3.57. The molecule has 4 nitrogen and oxygen atoms in total. The second-order valence-electron chi connectivity index (χ2n) is 6.42. The van der Waals surface area contributed by atoms with Gasteiger partial charge in [0.15, 0.2) is 0 Å². The molecule has 2 heterocycles. The molecule has 1 unspecified atom stereocenters. The molecule has 26 heavy (non-hydrogen) atoms. The average molecular weight is 364 g/mol. The van der Waals surface area contributed by atoms with Crippen LogP contribution in [0.4, 0.5) is 17.1 Å². The van der Waals surface area contributed by atoms with Crippen LogP contribution in [0, 0.1) is 0 Å². The van der Waals surface area contributed by atoms with Crippen molar-refractivity contribution in [2.45, 2.75) is 19.4 Å². The number of hydrogen-bond acceptors (Lipinski definition) is 3. The summed E-state index contributed by atoms with van der Waals surface area (Å²) in [5.74, 6) is -0.256. The van der Waals surface area contributed by atoms with Crippen LogP contribution in [0.25, 0.3) is 0 Å². The summed E-state index contributed by atoms with van der Waals surface area (Å²) in [5, 5.41) is 3.39. The summed E-state index contributed by atoms with van der Waals surface area (Å²) in [6.45, 7) is 2.19. The van der Waals surface area contributed by atoms with Crippen molar-refractivity contribution >= 4 is 34.6 Å². The summed E-state index contributed by atoms with van der Waals surface area (Å²) in [5.41, 5.74) is 4.55. The summed E-state index contributed by atoms with van der Waals surface area (Å²) in [4.78, 5) is 19.0. The number of fused-ring (bicyclic) bond motifs is 1. The van der Waals surface area contributed by atoms with Gasteiger partial charge in [0, 0.05) is 22.4 Å². The average Bonchev–Trinajstić information content (AvgIpc) is 2.97. The number of nitrogens with one attached hydrogen (secondary N) is 1. The van der Waals surface area contributed by atoms with Crippen molar-refractivity contribution in [1.82, 2.24) is 4.98 Å². The number of halogens is 1. The van der Waals surface area contributed by atoms with Crippen molar-refractivity contribution in [2.75, 3.05) is 10.2 Å². The van der Waals surface area contributed by atoms with Gasteiger partial charge in [-0.15, -0.1) is 0 Å². The van der Waals surface area contributed by atoms with Gasteiger partial charge in [0.1, 0.15) is 5.69 Å². The van der Waals surface area contributed by atoms with Crippen LogP contribution >= 0.6 is 11.6 Å². The van der Waals surface area contributed by atoms with E-state index in [2.05, 4.69) is 40.3 Å². The lowest BCUT2D eigenvalue weighted by Crippen LogP contribution is -2.24. The molecule has 1 aromatic heterocycles. The Kier molecular flexibility index (Phi) is 4.35. The predicted molar refractivity (Wildman–Crippen MR) is 105 cm³/mol. The summed E-state index contributed by atoms with van der Waals surface area (Å²) in [6, 6.07) is 19.5. The molecule has 0 aliphatic carbocycles. The second-order valence-corrected chi connectivity index (χ2v) is 6.85. The van der Waals surface area contributed by atoms with E-state index in [1.165, 1.54) is 11.3 Å². The quantitative estimate of drug-likeness (QED) is 0.706. The van der Waals surface area contributed by atoms with Crippen molar-refractivity contribution < 1.29 is 4.79 Å². The molecular formula is C21H18ClN3O. The van der Waals surface area contributed by atoms with E-state index in [4.69, 9.17) is 11.6 Å². The monoisotopic (exact) mass is 363 g/mol. The number of para-hydroxylation sites is 1. The van der Waals surface area contributed by atoms with Gasteiger partial charge in [-0.05, 0) is 55.3 Å². The van der Waals surface area contributed by atoms with Crippen molar-refractivity contribution in [1.29, 1.82) is 0 Å². The summed E-state index contributed by atoms with van der Waals surface area (Å²) >= 11 is 5.95. The van der Waals surface area contributed by atoms with Gasteiger partial charge >= 0.3 is 0 Å². The lowest BCUT2D eigenvalue weighted by atomic mass is 10.1. The molecule has 0 bridgehead atoms. The molecule has 0 radical (unpaired) electrons. The first-order valence-corrected chi connectivity index (χ1v) is 8.90. The van der Waals surface area contributed by atoms with Gasteiger partial charge in [-0.25, -0.2) is 4.98 Å². The maximum Gasteiger partial charge on any atom is 0.274 e. The zero-order valence-electron chi connectivity index (χ0n) is 14.3. The van der Waals surface area contributed by atoms with E-state index in [9.17, 15) is 4.79 Å². The summed E-state index contributed by atoms with van der Waals surface area (Å²) in [6.07, 6.45) is 2.76. The van der Waals surface area contributed by atoms with E-state index in [-0.39, 0.29) is 5.91 Å². The number of benzene rings is 2. The predicted octanol–water partition coefficient (Wildman–Crippen LogP) is 5.07. The Hall–Kier alpha value is -2.85. The van der Waals surface area contributed by atoms with E-state index in [1.54, 1.807) is 36.5 Å². The van der Waals surface area contributed by atoms with E-state index in [0.717, 1.165) is 12.1 Å². The molecule has 130 valence electrons. The SMILES string of the molecule is CC1Cc2ccccc2N1c1ccc(C(=O)Nc2cccc(Cl)c2)nc1. The number of nitrogens with zero attached hydrogens (tertiary/aromatic N) is 2. The Balaban J connectivity index is 1.55. The molecule has 4 rings (SSSR count). The van der Waals surface area contributed by atoms with Crippen LogP contribution in [0.15, 0.2) is 66.9 Å². The van der Waals surface area contributed by atoms with Gasteiger partial charge in [-0.2, -0.15) is 0 Å². The molecule has 1 N–H and O–H groups in total. The molecule has 2 aromatic carbocycles. The van der Waals surface area contributed by atoms with E-state index in [1.807, 2.05) is 12.1 Å². The highest BCUT2D eigenvalue weighted by molar-refractivity contribution is 6.30. The molecule has 3 aromatic rings. The van der Waals surface area contributed by atoms with Crippen LogP contribution in [0.3, 0.4) is 0 Å². The number of rotatable bonds is 3. The standard InChI is InChI=1S/C21H18ClN3O/c1-14-11-15-5-2-3-8-20(15)25(14)18-9-10-19(23-13-18)21(26)24-17-7-4-6-16(22)12-17/h2-10,12-14H,11H2,1H3,(H,24,26). The molecule has 0 saturated carbocycles. The third kappa shape index (κ3) is 3.16. The molecule has 0 fully saturated rings. The minimum atomic E-state index is -0.256. The van der Waals surface area contributed by atoms with Crippen LogP contribution < -0.4 is 10.2 Å². The molecule has 1 aliphatic heterocycles. The first-order chi connectivity index (χ1) is 12.6. The van der Waals surface area contributed by atoms with Gasteiger partial charge in [0.25, 0.3) is 5.91 Å². The highest BCUT2D eigenvalue weighted by Gasteiger charge is 2.27. The van der Waals surface area contributed by atoms with Crippen molar-refractivity contribution in [3.8, 4) is 0 Å². The Labute approximate surface area is 157 Å². The number of hydrogen-bond donors (Lipinski definition) is 1. The van der Waals surface area contributed by atoms with E-state index < -0.39 is 0 Å². The molecule has 1 atom stereocenters. The van der Waals surface area contributed by atoms with Gasteiger partial charge < -0.3 is 10.2 Å². The van der Waals surface area contributed by atoms with Crippen LogP contribution in [0.2, 0.25) is 5.02 Å². The molecule has 0 spiro atoms. The smallest absolute Gasteiger partial charge is 0.274 e. The second kappa shape index (κ2) is 6.81. The molecular weight excluding hydrogens is 346 g/mol. The maximum absolute atomic E-state index is 12.4. The Bertz CT molecular complexity index is 955. The van der Waals surface area contributed by atoms with Gasteiger partial charge in [-0.3, -0.25) is 4.79 Å². The highest BCUT2D eigenvalue weighted by Crippen LogP contribution is 2.37. The number of carbonyl (C=O) groups is 1. The third-order valence-electron chi connectivity index (χ3n) is 4.55. The Morgan fingerprint density at radius 3 is 2.77 bits per heavy atom. The zero-order valence-corrected chi connectivity index (χ0v) is 15.1. The lowest BCUT2D eigenvalue weighted by Gasteiger charge is -2.24. The highest BCUT2D eigenvalue weighted by atomic mass is 35.5. The topological polar surface area (TPSA) is 45.2 Å². The van der Waals surface area contributed by atoms with Crippen LogP contribution in [-0.4, -0.2) is 16.9 Å². The van der Waals surface area contributed by atoms with Gasteiger partial charge in [-0.1, -0.05) is 35.9 Å². The van der Waals surface area contributed by atoms with Crippen molar-refractivity contribution in [3.63, 3.8) is 0 Å². The fraction of sp³-hybridized carbons (Fsp3) is 0.143. The first kappa shape index (κ1) is 16.6. The molecule has 5 heteroatoms. The van der Waals surface area contributed by atoms with Gasteiger partial charge in [0.05, 0.1) is 11.9 Å². The minimum absolute atomic E-state index is 0.256. The van der Waals surface area contributed by atoms with Crippen molar-refractivity contribution in [2.24, 2.45) is 0 Å². The van der Waals surface area contributed by atoms with Crippen LogP contribution in [0.5, 0.6) is 0 Å². The van der Waals surface area contributed by atoms with Crippen LogP contribution in [-0.2, 0) is 6.42 Å². The van der Waals surface area contributed by atoms with Crippen molar-refractivity contribution in [3.05, 3.63) is 83.1 Å². The largest absolute Gasteiger partial charge is 0.337 e. The lowest BCUT2D eigenvalue weighted by molar-refractivity contribution is 0.102. The minimum Gasteiger partial charge on any atom is -0.337 e. The zero-order chi connectivity index (χ0) is 18.1. The molecule has 1 amide bonds. The first-order valence-electron chi connectivity index (χ1n) is 8.52. The third-order valence-corrected chi connectivity index (χ3v) is 4.78. The number of carbonyl (C=O) groups excluding carboxylic acids is 1. The fourth-order valence-electron chi connectivity index (χ4n) is 3.38. The Morgan fingerprint density at radius 2 is 2.00 bits per heavy atom. The number of amides is 1. The molecule has 0 saturated heterocycles. The van der Waals surface area contributed by atoms with Crippen LogP contribution in [0.1, 0.15) is 23.0 Å². The summed E-state index contributed by atoms with van der Waals surface area (Å²) < 4.78 is 0.